The number of hydrogen-bond donors (Lipinski definition) is 2. The smallest absolute Gasteiger partial charge is 0.136 e. The minimum Gasteiger partial charge on any atom is -0.399 e. The van der Waals surface area contributed by atoms with Crippen LogP contribution in [0, 0.1) is 5.92 Å². The van der Waals surface area contributed by atoms with Crippen molar-refractivity contribution in [3.63, 3.8) is 0 Å². The summed E-state index contributed by atoms with van der Waals surface area (Å²) in [7, 11) is 0. The molecule has 0 saturated heterocycles. The van der Waals surface area contributed by atoms with E-state index in [9.17, 15) is 5.11 Å². The lowest BCUT2D eigenvalue weighted by atomic mass is 10.0. The molecule has 0 aliphatic carbocycles. The Balaban J connectivity index is 2.54. The Morgan fingerprint density at radius 2 is 2.15 bits per heavy atom. The molecule has 1 unspecified atom stereocenters. The number of aliphatic hydroxyl groups is 1. The van der Waals surface area contributed by atoms with Crippen molar-refractivity contribution in [2.75, 3.05) is 18.9 Å². The van der Waals surface area contributed by atoms with Gasteiger partial charge in [-0.1, -0.05) is 13.8 Å². The molecule has 2 rings (SSSR count). The summed E-state index contributed by atoms with van der Waals surface area (Å²) in [6.45, 7) is 7.47. The SMILES string of the molecule is CCOCC(C(C)C)n1c(CO)nc2cc(N)ccc21. The second kappa shape index (κ2) is 6.24. The molecule has 0 aliphatic heterocycles. The number of nitrogens with zero attached hydrogens (tertiary/aromatic N) is 2. The van der Waals surface area contributed by atoms with E-state index in [2.05, 4.69) is 23.4 Å². The van der Waals surface area contributed by atoms with Gasteiger partial charge in [-0.3, -0.25) is 0 Å². The van der Waals surface area contributed by atoms with Crippen LogP contribution in [-0.2, 0) is 11.3 Å². The second-order valence-corrected chi connectivity index (χ2v) is 5.28. The molecule has 1 atom stereocenters. The Morgan fingerprint density at radius 1 is 1.40 bits per heavy atom. The van der Waals surface area contributed by atoms with E-state index in [4.69, 9.17) is 10.5 Å². The highest BCUT2D eigenvalue weighted by molar-refractivity contribution is 5.79. The Morgan fingerprint density at radius 3 is 2.75 bits per heavy atom. The van der Waals surface area contributed by atoms with Gasteiger partial charge < -0.3 is 20.1 Å². The number of aromatic nitrogens is 2. The lowest BCUT2D eigenvalue weighted by Gasteiger charge is -2.24. The molecule has 3 N–H and O–H groups in total. The van der Waals surface area contributed by atoms with E-state index in [-0.39, 0.29) is 12.6 Å². The first-order valence-electron chi connectivity index (χ1n) is 7.03. The van der Waals surface area contributed by atoms with Crippen molar-refractivity contribution in [2.45, 2.75) is 33.4 Å². The third kappa shape index (κ3) is 2.78. The van der Waals surface area contributed by atoms with Crippen molar-refractivity contribution < 1.29 is 9.84 Å². The Hall–Kier alpha value is -1.59. The summed E-state index contributed by atoms with van der Waals surface area (Å²) in [5.74, 6) is 1.03. The minimum atomic E-state index is -0.0933. The summed E-state index contributed by atoms with van der Waals surface area (Å²) >= 11 is 0. The van der Waals surface area contributed by atoms with Crippen LogP contribution in [0.1, 0.15) is 32.6 Å². The van der Waals surface area contributed by atoms with Crippen molar-refractivity contribution in [1.29, 1.82) is 0 Å². The van der Waals surface area contributed by atoms with Crippen LogP contribution in [0.4, 0.5) is 5.69 Å². The predicted molar refractivity (Wildman–Crippen MR) is 80.4 cm³/mol. The van der Waals surface area contributed by atoms with Crippen molar-refractivity contribution >= 4 is 16.7 Å². The van der Waals surface area contributed by atoms with Gasteiger partial charge in [0.1, 0.15) is 12.4 Å². The van der Waals surface area contributed by atoms with E-state index in [0.29, 0.717) is 30.6 Å². The number of benzene rings is 1. The molecule has 5 heteroatoms. The van der Waals surface area contributed by atoms with Crippen LogP contribution < -0.4 is 5.73 Å². The molecule has 0 saturated carbocycles. The molecule has 0 amide bonds. The van der Waals surface area contributed by atoms with Crippen LogP contribution >= 0.6 is 0 Å². The van der Waals surface area contributed by atoms with Gasteiger partial charge in [0.2, 0.25) is 0 Å². The summed E-state index contributed by atoms with van der Waals surface area (Å²) in [4.78, 5) is 4.48. The normalized spacial score (nSPS) is 13.2. The summed E-state index contributed by atoms with van der Waals surface area (Å²) in [5.41, 5.74) is 8.29. The van der Waals surface area contributed by atoms with Gasteiger partial charge in [-0.15, -0.1) is 0 Å². The third-order valence-electron chi connectivity index (χ3n) is 3.52. The number of rotatable bonds is 6. The molecule has 2 aromatic rings. The molecule has 1 aromatic heterocycles. The zero-order valence-electron chi connectivity index (χ0n) is 12.3. The number of ether oxygens (including phenoxy) is 1. The quantitative estimate of drug-likeness (QED) is 0.795. The molecule has 0 spiro atoms. The summed E-state index contributed by atoms with van der Waals surface area (Å²) in [6, 6.07) is 5.80. The van der Waals surface area contributed by atoms with Crippen LogP contribution in [0.15, 0.2) is 18.2 Å². The fourth-order valence-electron chi connectivity index (χ4n) is 2.45. The van der Waals surface area contributed by atoms with Gasteiger partial charge in [0.05, 0.1) is 23.7 Å². The van der Waals surface area contributed by atoms with Crippen LogP contribution in [0.5, 0.6) is 0 Å². The molecule has 0 aliphatic rings. The van der Waals surface area contributed by atoms with Crippen molar-refractivity contribution in [3.05, 3.63) is 24.0 Å². The molecule has 0 radical (unpaired) electrons. The average molecular weight is 277 g/mol. The predicted octanol–water partition coefficient (Wildman–Crippen LogP) is 2.34. The highest BCUT2D eigenvalue weighted by Gasteiger charge is 2.22. The maximum absolute atomic E-state index is 9.59. The fourth-order valence-corrected chi connectivity index (χ4v) is 2.45. The molecule has 1 aromatic carbocycles. The van der Waals surface area contributed by atoms with Crippen molar-refractivity contribution in [2.24, 2.45) is 5.92 Å². The first-order valence-corrected chi connectivity index (χ1v) is 7.03. The van der Waals surface area contributed by atoms with Gasteiger partial charge in [-0.05, 0) is 31.0 Å². The monoisotopic (exact) mass is 277 g/mol. The molecule has 20 heavy (non-hydrogen) atoms. The van der Waals surface area contributed by atoms with Gasteiger partial charge in [-0.25, -0.2) is 4.98 Å². The van der Waals surface area contributed by atoms with E-state index < -0.39 is 0 Å². The fraction of sp³-hybridized carbons (Fsp3) is 0.533. The van der Waals surface area contributed by atoms with Crippen molar-refractivity contribution in [1.82, 2.24) is 9.55 Å². The Labute approximate surface area is 119 Å². The lowest BCUT2D eigenvalue weighted by Crippen LogP contribution is -2.23. The van der Waals surface area contributed by atoms with Crippen molar-refractivity contribution in [3.8, 4) is 0 Å². The van der Waals surface area contributed by atoms with Crippen LogP contribution in [0.2, 0.25) is 0 Å². The highest BCUT2D eigenvalue weighted by Crippen LogP contribution is 2.27. The molecule has 0 fully saturated rings. The van der Waals surface area contributed by atoms with Gasteiger partial charge in [-0.2, -0.15) is 0 Å². The summed E-state index contributed by atoms with van der Waals surface area (Å²) in [5, 5.41) is 9.59. The van der Waals surface area contributed by atoms with E-state index in [1.54, 1.807) is 0 Å². The number of aliphatic hydroxyl groups excluding tert-OH is 1. The number of hydrogen-bond acceptors (Lipinski definition) is 4. The topological polar surface area (TPSA) is 73.3 Å². The zero-order chi connectivity index (χ0) is 14.7. The minimum absolute atomic E-state index is 0.0933. The lowest BCUT2D eigenvalue weighted by molar-refractivity contribution is 0.0948. The number of imidazole rings is 1. The van der Waals surface area contributed by atoms with Gasteiger partial charge >= 0.3 is 0 Å². The Kier molecular flexibility index (Phi) is 4.62. The van der Waals surface area contributed by atoms with Crippen LogP contribution in [0.25, 0.3) is 11.0 Å². The molecule has 0 bridgehead atoms. The molecular weight excluding hydrogens is 254 g/mol. The number of nitrogens with two attached hydrogens (primary N) is 1. The Bertz CT molecular complexity index is 578. The third-order valence-corrected chi connectivity index (χ3v) is 3.52. The standard InChI is InChI=1S/C15H23N3O2/c1-4-20-9-14(10(2)3)18-13-6-5-11(16)7-12(13)17-15(18)8-19/h5-7,10,14,19H,4,8-9,16H2,1-3H3. The van der Waals surface area contributed by atoms with Gasteiger partial charge in [0, 0.05) is 12.3 Å². The zero-order valence-corrected chi connectivity index (χ0v) is 12.3. The first-order chi connectivity index (χ1) is 9.58. The molecular formula is C15H23N3O2. The average Bonchev–Trinajstić information content (AvgIpc) is 2.76. The maximum atomic E-state index is 9.59. The second-order valence-electron chi connectivity index (χ2n) is 5.28. The molecule has 1 heterocycles. The maximum Gasteiger partial charge on any atom is 0.136 e. The van der Waals surface area contributed by atoms with Gasteiger partial charge in [0.25, 0.3) is 0 Å². The van der Waals surface area contributed by atoms with E-state index in [1.165, 1.54) is 0 Å². The number of fused-ring (bicyclic) bond motifs is 1. The molecule has 5 nitrogen and oxygen atoms in total. The summed E-state index contributed by atoms with van der Waals surface area (Å²) in [6.07, 6.45) is 0. The molecule has 110 valence electrons. The number of nitrogen functional groups attached to an aromatic ring is 1. The van der Waals surface area contributed by atoms with E-state index >= 15 is 0 Å². The number of anilines is 1. The van der Waals surface area contributed by atoms with E-state index in [0.717, 1.165) is 11.0 Å². The largest absolute Gasteiger partial charge is 0.399 e. The van der Waals surface area contributed by atoms with E-state index in [1.807, 2.05) is 25.1 Å². The van der Waals surface area contributed by atoms with Crippen LogP contribution in [-0.4, -0.2) is 27.9 Å². The first kappa shape index (κ1) is 14.8. The van der Waals surface area contributed by atoms with Crippen LogP contribution in [0.3, 0.4) is 0 Å². The highest BCUT2D eigenvalue weighted by atomic mass is 16.5. The van der Waals surface area contributed by atoms with Gasteiger partial charge in [0.15, 0.2) is 0 Å². The summed E-state index contributed by atoms with van der Waals surface area (Å²) < 4.78 is 7.68.